The van der Waals surface area contributed by atoms with Gasteiger partial charge in [-0.1, -0.05) is 6.92 Å². The molecule has 1 aromatic rings. The first kappa shape index (κ1) is 14.7. The van der Waals surface area contributed by atoms with Gasteiger partial charge in [-0.25, -0.2) is 0 Å². The van der Waals surface area contributed by atoms with Crippen LogP contribution in [-0.4, -0.2) is 31.0 Å². The highest BCUT2D eigenvalue weighted by Gasteiger charge is 2.15. The van der Waals surface area contributed by atoms with Gasteiger partial charge in [0.2, 0.25) is 5.91 Å². The number of nitro groups is 1. The number of rotatable bonds is 7. The molecule has 1 rings (SSSR count). The smallest absolute Gasteiger partial charge is 0.296 e. The molecule has 0 bridgehead atoms. The van der Waals surface area contributed by atoms with Gasteiger partial charge < -0.3 is 15.4 Å². The Balaban J connectivity index is 2.72. The molecule has 0 saturated carbocycles. The molecule has 0 unspecified atom stereocenters. The second kappa shape index (κ2) is 7.20. The molecule has 0 radical (unpaired) electrons. The van der Waals surface area contributed by atoms with Crippen molar-refractivity contribution in [3.8, 4) is 5.75 Å². The molecule has 0 heterocycles. The average molecular weight is 267 g/mol. The Labute approximate surface area is 111 Å². The van der Waals surface area contributed by atoms with Crippen LogP contribution in [0.4, 0.5) is 11.4 Å². The lowest BCUT2D eigenvalue weighted by Crippen LogP contribution is -2.30. The van der Waals surface area contributed by atoms with Gasteiger partial charge in [-0.2, -0.15) is 0 Å². The summed E-state index contributed by atoms with van der Waals surface area (Å²) in [6.07, 6.45) is 0.842. The van der Waals surface area contributed by atoms with E-state index in [1.165, 1.54) is 19.2 Å². The molecule has 2 N–H and O–H groups in total. The van der Waals surface area contributed by atoms with Crippen LogP contribution in [0.15, 0.2) is 18.2 Å². The van der Waals surface area contributed by atoms with Gasteiger partial charge in [-0.15, -0.1) is 0 Å². The Morgan fingerprint density at radius 1 is 1.47 bits per heavy atom. The lowest BCUT2D eigenvalue weighted by Gasteiger charge is -2.08. The molecule has 7 heteroatoms. The fraction of sp³-hybridized carbons (Fsp3) is 0.417. The monoisotopic (exact) mass is 267 g/mol. The number of nitrogens with zero attached hydrogens (tertiary/aromatic N) is 1. The van der Waals surface area contributed by atoms with Gasteiger partial charge in [-0.05, 0) is 18.6 Å². The standard InChI is InChI=1S/C12H17N3O4/c1-3-6-13-12(16)8-14-10-5-4-9(19-2)7-11(10)15(17)18/h4-5,7,14H,3,6,8H2,1-2H3,(H,13,16). The van der Waals surface area contributed by atoms with Crippen LogP contribution in [0.2, 0.25) is 0 Å². The first-order valence-electron chi connectivity index (χ1n) is 5.91. The third kappa shape index (κ3) is 4.46. The van der Waals surface area contributed by atoms with Crippen molar-refractivity contribution in [1.29, 1.82) is 0 Å². The third-order valence-electron chi connectivity index (χ3n) is 2.41. The molecule has 1 amide bonds. The predicted octanol–water partition coefficient (Wildman–Crippen LogP) is 1.54. The summed E-state index contributed by atoms with van der Waals surface area (Å²) in [6, 6.07) is 4.43. The Morgan fingerprint density at radius 2 is 2.21 bits per heavy atom. The van der Waals surface area contributed by atoms with Crippen molar-refractivity contribution in [2.75, 3.05) is 25.5 Å². The summed E-state index contributed by atoms with van der Waals surface area (Å²) in [5.74, 6) is 0.194. The molecular formula is C12H17N3O4. The van der Waals surface area contributed by atoms with E-state index in [0.29, 0.717) is 12.3 Å². The Hall–Kier alpha value is -2.31. The molecule has 7 nitrogen and oxygen atoms in total. The minimum atomic E-state index is -0.519. The number of ether oxygens (including phenoxy) is 1. The van der Waals surface area contributed by atoms with Crippen molar-refractivity contribution in [1.82, 2.24) is 5.32 Å². The van der Waals surface area contributed by atoms with Crippen LogP contribution in [0, 0.1) is 10.1 Å². The van der Waals surface area contributed by atoms with Crippen LogP contribution in [0.3, 0.4) is 0 Å². The summed E-state index contributed by atoms with van der Waals surface area (Å²) in [4.78, 5) is 21.8. The van der Waals surface area contributed by atoms with Crippen molar-refractivity contribution in [2.24, 2.45) is 0 Å². The largest absolute Gasteiger partial charge is 0.496 e. The van der Waals surface area contributed by atoms with Gasteiger partial charge in [0.15, 0.2) is 0 Å². The van der Waals surface area contributed by atoms with E-state index in [2.05, 4.69) is 10.6 Å². The maximum atomic E-state index is 11.4. The molecular weight excluding hydrogens is 250 g/mol. The van der Waals surface area contributed by atoms with E-state index >= 15 is 0 Å². The lowest BCUT2D eigenvalue weighted by molar-refractivity contribution is -0.384. The highest BCUT2D eigenvalue weighted by atomic mass is 16.6. The maximum Gasteiger partial charge on any atom is 0.296 e. The number of carbonyl (C=O) groups excluding carboxylic acids is 1. The normalized spacial score (nSPS) is 9.79. The van der Waals surface area contributed by atoms with E-state index in [1.54, 1.807) is 6.07 Å². The summed E-state index contributed by atoms with van der Waals surface area (Å²) >= 11 is 0. The van der Waals surface area contributed by atoms with E-state index in [-0.39, 0.29) is 23.8 Å². The molecule has 1 aromatic carbocycles. The molecule has 0 spiro atoms. The first-order valence-corrected chi connectivity index (χ1v) is 5.91. The fourth-order valence-corrected chi connectivity index (χ4v) is 1.44. The molecule has 0 saturated heterocycles. The summed E-state index contributed by atoms with van der Waals surface area (Å²) in [7, 11) is 1.43. The number of hydrogen-bond acceptors (Lipinski definition) is 5. The van der Waals surface area contributed by atoms with E-state index in [9.17, 15) is 14.9 Å². The number of hydrogen-bond donors (Lipinski definition) is 2. The van der Waals surface area contributed by atoms with Crippen LogP contribution >= 0.6 is 0 Å². The van der Waals surface area contributed by atoms with E-state index in [4.69, 9.17) is 4.74 Å². The number of methoxy groups -OCH3 is 1. The van der Waals surface area contributed by atoms with Crippen molar-refractivity contribution in [3.63, 3.8) is 0 Å². The summed E-state index contributed by atoms with van der Waals surface area (Å²) in [5.41, 5.74) is 0.167. The van der Waals surface area contributed by atoms with Gasteiger partial charge in [-0.3, -0.25) is 14.9 Å². The lowest BCUT2D eigenvalue weighted by atomic mass is 10.2. The first-order chi connectivity index (χ1) is 9.08. The number of nitro benzene ring substituents is 1. The molecule has 19 heavy (non-hydrogen) atoms. The summed E-state index contributed by atoms with van der Waals surface area (Å²) in [6.45, 7) is 2.53. The van der Waals surface area contributed by atoms with Gasteiger partial charge in [0, 0.05) is 6.54 Å². The number of anilines is 1. The van der Waals surface area contributed by atoms with Gasteiger partial charge in [0.05, 0.1) is 24.6 Å². The van der Waals surface area contributed by atoms with Gasteiger partial charge in [0.1, 0.15) is 11.4 Å². The van der Waals surface area contributed by atoms with Gasteiger partial charge in [0.25, 0.3) is 5.69 Å². The van der Waals surface area contributed by atoms with Crippen LogP contribution < -0.4 is 15.4 Å². The number of benzene rings is 1. The SMILES string of the molecule is CCCNC(=O)CNc1ccc(OC)cc1[N+](=O)[O-]. The highest BCUT2D eigenvalue weighted by Crippen LogP contribution is 2.28. The minimum absolute atomic E-state index is 0.00678. The van der Waals surface area contributed by atoms with Crippen molar-refractivity contribution in [3.05, 3.63) is 28.3 Å². The summed E-state index contributed by atoms with van der Waals surface area (Å²) < 4.78 is 4.93. The molecule has 0 atom stereocenters. The highest BCUT2D eigenvalue weighted by molar-refractivity contribution is 5.81. The number of carbonyl (C=O) groups is 1. The fourth-order valence-electron chi connectivity index (χ4n) is 1.44. The Kier molecular flexibility index (Phi) is 5.59. The van der Waals surface area contributed by atoms with Gasteiger partial charge >= 0.3 is 0 Å². The molecule has 0 aliphatic heterocycles. The minimum Gasteiger partial charge on any atom is -0.496 e. The van der Waals surface area contributed by atoms with Crippen LogP contribution in [-0.2, 0) is 4.79 Å². The average Bonchev–Trinajstić information content (AvgIpc) is 2.42. The number of amides is 1. The van der Waals surface area contributed by atoms with Crippen molar-refractivity contribution in [2.45, 2.75) is 13.3 Å². The van der Waals surface area contributed by atoms with Crippen LogP contribution in [0.1, 0.15) is 13.3 Å². The Bertz CT molecular complexity index is 462. The van der Waals surface area contributed by atoms with E-state index < -0.39 is 4.92 Å². The maximum absolute atomic E-state index is 11.4. The quantitative estimate of drug-likeness (QED) is 0.577. The zero-order valence-electron chi connectivity index (χ0n) is 10.9. The zero-order chi connectivity index (χ0) is 14.3. The summed E-state index contributed by atoms with van der Waals surface area (Å²) in [5, 5.41) is 16.3. The molecule has 0 aromatic heterocycles. The van der Waals surface area contributed by atoms with Crippen molar-refractivity contribution >= 4 is 17.3 Å². The molecule has 104 valence electrons. The topological polar surface area (TPSA) is 93.5 Å². The second-order valence-electron chi connectivity index (χ2n) is 3.84. The predicted molar refractivity (Wildman–Crippen MR) is 71.4 cm³/mol. The van der Waals surface area contributed by atoms with E-state index in [0.717, 1.165) is 6.42 Å². The van der Waals surface area contributed by atoms with Crippen molar-refractivity contribution < 1.29 is 14.5 Å². The molecule has 0 fully saturated rings. The van der Waals surface area contributed by atoms with E-state index in [1.807, 2.05) is 6.92 Å². The number of nitrogens with one attached hydrogen (secondary N) is 2. The Morgan fingerprint density at radius 3 is 2.79 bits per heavy atom. The van der Waals surface area contributed by atoms with Crippen LogP contribution in [0.25, 0.3) is 0 Å². The third-order valence-corrected chi connectivity index (χ3v) is 2.41. The molecule has 0 aliphatic carbocycles. The second-order valence-corrected chi connectivity index (χ2v) is 3.84. The molecule has 0 aliphatic rings. The van der Waals surface area contributed by atoms with Crippen LogP contribution in [0.5, 0.6) is 5.75 Å². The zero-order valence-corrected chi connectivity index (χ0v) is 10.9.